The number of nitrogens with zero attached hydrogens (tertiary/aromatic N) is 1. The maximum atomic E-state index is 16.3. The van der Waals surface area contributed by atoms with Crippen LogP contribution in [0.2, 0.25) is 0 Å². The first-order valence-electron chi connectivity index (χ1n) is 16.5. The number of halogens is 2. The fourth-order valence-electron chi connectivity index (χ4n) is 6.39. The van der Waals surface area contributed by atoms with E-state index >= 15 is 8.78 Å². The summed E-state index contributed by atoms with van der Waals surface area (Å²) in [6.45, 7) is 12.7. The number of ether oxygens (including phenoxy) is 1. The summed E-state index contributed by atoms with van der Waals surface area (Å²) in [5.74, 6) is -9.83. The van der Waals surface area contributed by atoms with Gasteiger partial charge in [0.2, 0.25) is 17.6 Å². The number of nitrogens with two attached hydrogens (primary N) is 2. The lowest BCUT2D eigenvalue weighted by Gasteiger charge is -2.48. The summed E-state index contributed by atoms with van der Waals surface area (Å²) in [6.07, 6.45) is 3.40. The third-order valence-corrected chi connectivity index (χ3v) is 9.12. The molecule has 9 nitrogen and oxygen atoms in total. The van der Waals surface area contributed by atoms with E-state index in [9.17, 15) is 19.2 Å². The predicted molar refractivity (Wildman–Crippen MR) is 175 cm³/mol. The zero-order valence-corrected chi connectivity index (χ0v) is 29.1. The monoisotopic (exact) mass is 650 g/mol. The molecule has 1 fully saturated rings. The first-order chi connectivity index (χ1) is 21.2. The Kier molecular flexibility index (Phi) is 13.9. The number of methoxy groups -OCH3 is 1. The van der Waals surface area contributed by atoms with Gasteiger partial charge in [-0.25, -0.2) is 0 Å². The molecule has 0 aliphatic heterocycles. The standard InChI is InChI=1S/C35H56F2N4O5/c1-20(2)28(38)33(45)41(34(6,7)8)29(32(44)35(36,37)31(39)21(3)4)27(24-13-11-10-12-14-24)30(43)26(40-22(5)42)19-23-15-17-25(46-9)18-16-23/h15-18,20-21,24,26-29,31H,10-14,19,38-39H2,1-9H3,(H,40,42)/t26-,27?,28-,29?,31?/m0/s1. The van der Waals surface area contributed by atoms with Gasteiger partial charge in [0.1, 0.15) is 11.8 Å². The molecule has 0 bridgehead atoms. The van der Waals surface area contributed by atoms with Crippen LogP contribution in [0.5, 0.6) is 5.75 Å². The smallest absolute Gasteiger partial charge is 0.322 e. The Labute approximate surface area is 273 Å². The minimum absolute atomic E-state index is 0.0451. The SMILES string of the molecule is COc1ccc(C[C@H](NC(C)=O)C(=O)C(C2CCCCC2)C(C(=O)C(F)(F)C(N)C(C)C)N(C(=O)[C@@H](N)C(C)C)C(C)(C)C)cc1. The number of ketones is 2. The number of carbonyl (C=O) groups excluding carboxylic acids is 4. The van der Waals surface area contributed by atoms with Crippen LogP contribution >= 0.6 is 0 Å². The normalized spacial score (nSPS) is 18.0. The average Bonchev–Trinajstić information content (AvgIpc) is 2.98. The van der Waals surface area contributed by atoms with Crippen molar-refractivity contribution in [2.45, 2.75) is 130 Å². The molecule has 2 rings (SSSR count). The van der Waals surface area contributed by atoms with Gasteiger partial charge in [0.15, 0.2) is 5.78 Å². The van der Waals surface area contributed by atoms with Crippen LogP contribution in [0, 0.1) is 23.7 Å². The summed E-state index contributed by atoms with van der Waals surface area (Å²) >= 11 is 0. The van der Waals surface area contributed by atoms with Crippen LogP contribution in [0.1, 0.15) is 93.1 Å². The largest absolute Gasteiger partial charge is 0.497 e. The van der Waals surface area contributed by atoms with Crippen molar-refractivity contribution >= 4 is 23.4 Å². The second kappa shape index (κ2) is 16.3. The second-order valence-electron chi connectivity index (χ2n) is 14.5. The van der Waals surface area contributed by atoms with Crippen LogP contribution in [0.15, 0.2) is 24.3 Å². The van der Waals surface area contributed by atoms with Gasteiger partial charge in [0.05, 0.1) is 31.2 Å². The summed E-state index contributed by atoms with van der Waals surface area (Å²) in [4.78, 5) is 57.1. The maximum Gasteiger partial charge on any atom is 0.322 e. The number of carbonyl (C=O) groups is 4. The molecule has 1 saturated carbocycles. The fraction of sp³-hybridized carbons (Fsp3) is 0.714. The van der Waals surface area contributed by atoms with Gasteiger partial charge in [-0.15, -0.1) is 0 Å². The van der Waals surface area contributed by atoms with Crippen molar-refractivity contribution in [3.63, 3.8) is 0 Å². The molecule has 0 saturated heterocycles. The number of hydrogen-bond donors (Lipinski definition) is 3. The minimum Gasteiger partial charge on any atom is -0.497 e. The maximum absolute atomic E-state index is 16.3. The zero-order chi connectivity index (χ0) is 35.1. The Hall–Kier alpha value is -2.92. The van der Waals surface area contributed by atoms with Crippen molar-refractivity contribution in [3.8, 4) is 5.75 Å². The van der Waals surface area contributed by atoms with Crippen LogP contribution in [-0.4, -0.2) is 71.0 Å². The molecule has 1 aromatic rings. The molecular formula is C35H56F2N4O5. The second-order valence-corrected chi connectivity index (χ2v) is 14.5. The number of nitrogens with one attached hydrogen (secondary N) is 1. The Morgan fingerprint density at radius 2 is 1.50 bits per heavy atom. The zero-order valence-electron chi connectivity index (χ0n) is 29.1. The van der Waals surface area contributed by atoms with Gasteiger partial charge in [-0.05, 0) is 75.5 Å². The average molecular weight is 651 g/mol. The van der Waals surface area contributed by atoms with E-state index in [-0.39, 0.29) is 12.3 Å². The lowest BCUT2D eigenvalue weighted by Crippen LogP contribution is -2.68. The third-order valence-electron chi connectivity index (χ3n) is 9.12. The summed E-state index contributed by atoms with van der Waals surface area (Å²) < 4.78 is 37.8. The third kappa shape index (κ3) is 9.56. The van der Waals surface area contributed by atoms with Gasteiger partial charge in [-0.1, -0.05) is 59.1 Å². The molecule has 1 aromatic carbocycles. The molecule has 46 heavy (non-hydrogen) atoms. The van der Waals surface area contributed by atoms with Gasteiger partial charge in [-0.2, -0.15) is 8.78 Å². The van der Waals surface area contributed by atoms with E-state index < -0.39 is 76.8 Å². The molecule has 1 aliphatic rings. The highest BCUT2D eigenvalue weighted by Gasteiger charge is 2.58. The van der Waals surface area contributed by atoms with Crippen LogP contribution < -0.4 is 21.5 Å². The molecule has 11 heteroatoms. The number of benzene rings is 1. The predicted octanol–water partition coefficient (Wildman–Crippen LogP) is 4.67. The van der Waals surface area contributed by atoms with Gasteiger partial charge >= 0.3 is 5.92 Å². The number of Topliss-reactive ketones (excluding diaryl/α,β-unsaturated/α-hetero) is 2. The summed E-state index contributed by atoms with van der Waals surface area (Å²) in [5, 5.41) is 2.73. The molecule has 5 atom stereocenters. The summed E-state index contributed by atoms with van der Waals surface area (Å²) in [6, 6.07) is 0.938. The number of alkyl halides is 2. The number of hydrogen-bond acceptors (Lipinski definition) is 7. The molecular weight excluding hydrogens is 594 g/mol. The van der Waals surface area contributed by atoms with E-state index in [0.717, 1.165) is 24.2 Å². The number of rotatable bonds is 15. The van der Waals surface area contributed by atoms with Gasteiger partial charge in [0, 0.05) is 12.5 Å². The summed E-state index contributed by atoms with van der Waals surface area (Å²) in [5.41, 5.74) is 11.8. The number of amides is 2. The van der Waals surface area contributed by atoms with Crippen molar-refractivity contribution in [1.29, 1.82) is 0 Å². The highest BCUT2D eigenvalue weighted by atomic mass is 19.3. The van der Waals surface area contributed by atoms with E-state index in [1.807, 2.05) is 0 Å². The Balaban J connectivity index is 2.89. The molecule has 2 amide bonds. The first kappa shape index (κ1) is 39.3. The lowest BCUT2D eigenvalue weighted by atomic mass is 9.69. The Bertz CT molecular complexity index is 1190. The van der Waals surface area contributed by atoms with E-state index in [1.165, 1.54) is 27.9 Å². The van der Waals surface area contributed by atoms with Gasteiger partial charge in [0.25, 0.3) is 0 Å². The van der Waals surface area contributed by atoms with E-state index in [1.54, 1.807) is 58.9 Å². The van der Waals surface area contributed by atoms with Crippen LogP contribution in [-0.2, 0) is 25.6 Å². The van der Waals surface area contributed by atoms with Gasteiger partial charge in [-0.3, -0.25) is 19.2 Å². The quantitative estimate of drug-likeness (QED) is 0.250. The molecule has 3 unspecified atom stereocenters. The van der Waals surface area contributed by atoms with Crippen molar-refractivity contribution < 1.29 is 32.7 Å². The van der Waals surface area contributed by atoms with Crippen LogP contribution in [0.25, 0.3) is 0 Å². The van der Waals surface area contributed by atoms with Gasteiger partial charge < -0.3 is 26.4 Å². The molecule has 260 valence electrons. The van der Waals surface area contributed by atoms with E-state index in [4.69, 9.17) is 16.2 Å². The lowest BCUT2D eigenvalue weighted by molar-refractivity contribution is -0.168. The van der Waals surface area contributed by atoms with Crippen molar-refractivity contribution in [2.24, 2.45) is 35.1 Å². The fourth-order valence-corrected chi connectivity index (χ4v) is 6.39. The van der Waals surface area contributed by atoms with Crippen molar-refractivity contribution in [1.82, 2.24) is 10.2 Å². The topological polar surface area (TPSA) is 145 Å². The first-order valence-corrected chi connectivity index (χ1v) is 16.5. The minimum atomic E-state index is -4.07. The van der Waals surface area contributed by atoms with E-state index in [0.29, 0.717) is 24.2 Å². The molecule has 5 N–H and O–H groups in total. The van der Waals surface area contributed by atoms with Crippen LogP contribution in [0.4, 0.5) is 8.78 Å². The summed E-state index contributed by atoms with van der Waals surface area (Å²) in [7, 11) is 1.53. The molecule has 0 heterocycles. The Morgan fingerprint density at radius 1 is 0.957 bits per heavy atom. The highest BCUT2D eigenvalue weighted by molar-refractivity contribution is 6.01. The molecule has 1 aliphatic carbocycles. The van der Waals surface area contributed by atoms with Crippen molar-refractivity contribution in [2.75, 3.05) is 7.11 Å². The molecule has 0 aromatic heterocycles. The van der Waals surface area contributed by atoms with Crippen molar-refractivity contribution in [3.05, 3.63) is 29.8 Å². The van der Waals surface area contributed by atoms with Crippen LogP contribution in [0.3, 0.4) is 0 Å². The Morgan fingerprint density at radius 3 is 1.93 bits per heavy atom. The highest BCUT2D eigenvalue weighted by Crippen LogP contribution is 2.40. The molecule has 0 radical (unpaired) electrons. The molecule has 0 spiro atoms. The van der Waals surface area contributed by atoms with E-state index in [2.05, 4.69) is 5.32 Å².